The van der Waals surface area contributed by atoms with Crippen molar-refractivity contribution < 1.29 is 9.47 Å². The van der Waals surface area contributed by atoms with Gasteiger partial charge in [-0.3, -0.25) is 10.2 Å². The fourth-order valence-electron chi connectivity index (χ4n) is 2.15. The van der Waals surface area contributed by atoms with Gasteiger partial charge in [0.1, 0.15) is 6.61 Å². The molecule has 0 saturated heterocycles. The lowest BCUT2D eigenvalue weighted by molar-refractivity contribution is 0.284. The highest BCUT2D eigenvalue weighted by Gasteiger charge is 2.06. The summed E-state index contributed by atoms with van der Waals surface area (Å²) in [4.78, 5) is 0. The summed E-state index contributed by atoms with van der Waals surface area (Å²) in [5, 5.41) is 9.71. The second kappa shape index (κ2) is 7.91. The lowest BCUT2D eigenvalue weighted by atomic mass is 10.2. The average Bonchev–Trinajstić information content (AvgIpc) is 2.97. The van der Waals surface area contributed by atoms with Crippen LogP contribution in [0.15, 0.2) is 53.6 Å². The van der Waals surface area contributed by atoms with Crippen LogP contribution in [0.2, 0.25) is 0 Å². The Hall–Kier alpha value is -2.71. The number of rotatable bonds is 6. The van der Waals surface area contributed by atoms with E-state index in [9.17, 15) is 0 Å². The van der Waals surface area contributed by atoms with Crippen molar-refractivity contribution in [1.82, 2.24) is 14.9 Å². The molecule has 0 aliphatic rings. The molecule has 0 spiro atoms. The lowest BCUT2D eigenvalue weighted by Crippen LogP contribution is -1.98. The van der Waals surface area contributed by atoms with Crippen LogP contribution in [0.4, 0.5) is 0 Å². The SMILES string of the molecule is COc1cc(/C=N\n2c(=S)[nH][nH]c2=S)ccc1OCc1ccccc1. The smallest absolute Gasteiger partial charge is 0.215 e. The fourth-order valence-corrected chi connectivity index (χ4v) is 2.59. The van der Waals surface area contributed by atoms with Gasteiger partial charge in [0, 0.05) is 0 Å². The van der Waals surface area contributed by atoms with E-state index in [1.807, 2.05) is 48.5 Å². The molecular weight excluding hydrogens is 356 g/mol. The minimum Gasteiger partial charge on any atom is -0.493 e. The van der Waals surface area contributed by atoms with Crippen LogP contribution >= 0.6 is 24.4 Å². The number of benzene rings is 2. The zero-order valence-corrected chi connectivity index (χ0v) is 15.1. The summed E-state index contributed by atoms with van der Waals surface area (Å²) in [7, 11) is 1.60. The number of H-pyrrole nitrogens is 2. The molecule has 0 saturated carbocycles. The first-order valence-corrected chi connectivity index (χ1v) is 8.28. The summed E-state index contributed by atoms with van der Waals surface area (Å²) in [6.07, 6.45) is 1.65. The summed E-state index contributed by atoms with van der Waals surface area (Å²) in [5.74, 6) is 1.29. The van der Waals surface area contributed by atoms with Crippen LogP contribution in [0.5, 0.6) is 11.5 Å². The Morgan fingerprint density at radius 1 is 1.04 bits per heavy atom. The van der Waals surface area contributed by atoms with Crippen LogP contribution in [0.25, 0.3) is 0 Å². The van der Waals surface area contributed by atoms with E-state index in [0.717, 1.165) is 11.1 Å². The van der Waals surface area contributed by atoms with E-state index in [2.05, 4.69) is 15.3 Å². The standard InChI is InChI=1S/C17H16N4O2S2/c1-22-15-9-13(10-18-21-16(24)19-20-17(21)25)7-8-14(15)23-11-12-5-3-2-4-6-12/h2-10H,11H2,1H3,(H,19,24)(H,20,25)/b18-10-. The Morgan fingerprint density at radius 2 is 1.76 bits per heavy atom. The van der Waals surface area contributed by atoms with E-state index in [4.69, 9.17) is 33.9 Å². The predicted molar refractivity (Wildman–Crippen MR) is 102 cm³/mol. The summed E-state index contributed by atoms with van der Waals surface area (Å²) >= 11 is 10.2. The monoisotopic (exact) mass is 372 g/mol. The molecule has 0 atom stereocenters. The first-order valence-electron chi connectivity index (χ1n) is 7.46. The molecule has 0 bridgehead atoms. The third kappa shape index (κ3) is 4.23. The van der Waals surface area contributed by atoms with E-state index in [1.54, 1.807) is 13.3 Å². The summed E-state index contributed by atoms with van der Waals surface area (Å²) in [6, 6.07) is 15.5. The van der Waals surface area contributed by atoms with Gasteiger partial charge in [-0.05, 0) is 53.8 Å². The Bertz CT molecular complexity index is 962. The van der Waals surface area contributed by atoms with Gasteiger partial charge in [-0.1, -0.05) is 30.3 Å². The topological polar surface area (TPSA) is 67.3 Å². The van der Waals surface area contributed by atoms with Crippen molar-refractivity contribution in [2.24, 2.45) is 5.10 Å². The second-order valence-electron chi connectivity index (χ2n) is 5.10. The highest BCUT2D eigenvalue weighted by molar-refractivity contribution is 7.72. The van der Waals surface area contributed by atoms with E-state index in [1.165, 1.54) is 4.68 Å². The highest BCUT2D eigenvalue weighted by atomic mass is 32.1. The number of nitrogens with one attached hydrogen (secondary N) is 2. The van der Waals surface area contributed by atoms with Gasteiger partial charge in [-0.15, -0.1) is 0 Å². The van der Waals surface area contributed by atoms with Crippen molar-refractivity contribution >= 4 is 30.7 Å². The molecule has 0 unspecified atom stereocenters. The van der Waals surface area contributed by atoms with E-state index >= 15 is 0 Å². The molecule has 1 heterocycles. The van der Waals surface area contributed by atoms with Crippen LogP contribution in [-0.2, 0) is 6.61 Å². The first kappa shape index (κ1) is 17.1. The molecule has 0 aliphatic carbocycles. The molecule has 0 radical (unpaired) electrons. The van der Waals surface area contributed by atoms with Crippen LogP contribution in [0.3, 0.4) is 0 Å². The molecule has 0 aliphatic heterocycles. The molecule has 2 N–H and O–H groups in total. The minimum absolute atomic E-state index is 0.399. The van der Waals surface area contributed by atoms with Gasteiger partial charge in [0.15, 0.2) is 11.5 Å². The van der Waals surface area contributed by atoms with Gasteiger partial charge in [-0.2, -0.15) is 9.78 Å². The molecule has 128 valence electrons. The summed E-state index contributed by atoms with van der Waals surface area (Å²) < 4.78 is 13.5. The molecule has 2 aromatic carbocycles. The van der Waals surface area contributed by atoms with Crippen molar-refractivity contribution in [1.29, 1.82) is 0 Å². The Balaban J connectivity index is 1.77. The largest absolute Gasteiger partial charge is 0.493 e. The van der Waals surface area contributed by atoms with Gasteiger partial charge in [0.2, 0.25) is 9.54 Å². The molecule has 25 heavy (non-hydrogen) atoms. The van der Waals surface area contributed by atoms with Crippen LogP contribution in [-0.4, -0.2) is 28.2 Å². The third-order valence-corrected chi connectivity index (χ3v) is 3.96. The molecule has 1 aromatic heterocycles. The van der Waals surface area contributed by atoms with Crippen molar-refractivity contribution in [3.63, 3.8) is 0 Å². The quantitative estimate of drug-likeness (QED) is 0.505. The van der Waals surface area contributed by atoms with Gasteiger partial charge in [0.05, 0.1) is 13.3 Å². The molecule has 8 heteroatoms. The molecule has 0 fully saturated rings. The predicted octanol–water partition coefficient (Wildman–Crippen LogP) is 4.07. The highest BCUT2D eigenvalue weighted by Crippen LogP contribution is 2.28. The van der Waals surface area contributed by atoms with Crippen LogP contribution in [0.1, 0.15) is 11.1 Å². The van der Waals surface area contributed by atoms with Gasteiger partial charge < -0.3 is 9.47 Å². The summed E-state index contributed by atoms with van der Waals surface area (Å²) in [6.45, 7) is 0.471. The number of aromatic amines is 2. The van der Waals surface area contributed by atoms with Crippen molar-refractivity contribution in [2.75, 3.05) is 7.11 Å². The molecule has 6 nitrogen and oxygen atoms in total. The maximum atomic E-state index is 5.84. The van der Waals surface area contributed by atoms with E-state index in [0.29, 0.717) is 27.6 Å². The molecule has 3 rings (SSSR count). The van der Waals surface area contributed by atoms with Crippen molar-refractivity contribution in [3.05, 3.63) is 69.2 Å². The third-order valence-electron chi connectivity index (χ3n) is 3.41. The number of hydrogen-bond donors (Lipinski definition) is 2. The van der Waals surface area contributed by atoms with E-state index < -0.39 is 0 Å². The Labute approximate surface area is 154 Å². The van der Waals surface area contributed by atoms with Gasteiger partial charge in [0.25, 0.3) is 0 Å². The Kier molecular flexibility index (Phi) is 5.42. The first-order chi connectivity index (χ1) is 12.2. The zero-order chi connectivity index (χ0) is 17.6. The number of hydrogen-bond acceptors (Lipinski definition) is 5. The minimum atomic E-state index is 0.399. The number of aromatic nitrogens is 3. The number of nitrogens with zero attached hydrogens (tertiary/aromatic N) is 2. The maximum absolute atomic E-state index is 5.84. The van der Waals surface area contributed by atoms with E-state index in [-0.39, 0.29) is 0 Å². The van der Waals surface area contributed by atoms with Crippen molar-refractivity contribution in [3.8, 4) is 11.5 Å². The zero-order valence-electron chi connectivity index (χ0n) is 13.4. The molecular formula is C17H16N4O2S2. The van der Waals surface area contributed by atoms with Crippen molar-refractivity contribution in [2.45, 2.75) is 6.61 Å². The number of methoxy groups -OCH3 is 1. The van der Waals surface area contributed by atoms with Gasteiger partial charge in [-0.25, -0.2) is 0 Å². The molecule has 3 aromatic rings. The normalized spacial score (nSPS) is 10.9. The van der Waals surface area contributed by atoms with Crippen LogP contribution < -0.4 is 9.47 Å². The van der Waals surface area contributed by atoms with Gasteiger partial charge >= 0.3 is 0 Å². The van der Waals surface area contributed by atoms with Crippen LogP contribution in [0, 0.1) is 9.54 Å². The average molecular weight is 372 g/mol. The summed E-state index contributed by atoms with van der Waals surface area (Å²) in [5.41, 5.74) is 1.92. The fraction of sp³-hybridized carbons (Fsp3) is 0.118. The lowest BCUT2D eigenvalue weighted by Gasteiger charge is -2.11. The maximum Gasteiger partial charge on any atom is 0.215 e. The second-order valence-corrected chi connectivity index (χ2v) is 5.87. The Morgan fingerprint density at radius 3 is 2.44 bits per heavy atom. The number of ether oxygens (including phenoxy) is 2. The molecule has 0 amide bonds.